The minimum absolute atomic E-state index is 0.244. The third kappa shape index (κ3) is 3.33. The largest absolute Gasteiger partial charge is 0.356 e. The van der Waals surface area contributed by atoms with Gasteiger partial charge >= 0.3 is 0 Å². The highest BCUT2D eigenvalue weighted by Gasteiger charge is 2.44. The van der Waals surface area contributed by atoms with Crippen molar-refractivity contribution in [2.24, 2.45) is 5.41 Å². The van der Waals surface area contributed by atoms with E-state index in [2.05, 4.69) is 33.6 Å². The Hall–Kier alpha value is -1.65. The molecule has 3 heterocycles. The van der Waals surface area contributed by atoms with Crippen molar-refractivity contribution in [3.05, 3.63) is 18.1 Å². The normalized spacial score (nSPS) is 27.7. The van der Waals surface area contributed by atoms with Crippen molar-refractivity contribution >= 4 is 11.7 Å². The molecule has 26 heavy (non-hydrogen) atoms. The second-order valence-electron chi connectivity index (χ2n) is 8.94. The first-order valence-corrected chi connectivity index (χ1v) is 10.4. The minimum Gasteiger partial charge on any atom is -0.356 e. The van der Waals surface area contributed by atoms with Gasteiger partial charge in [0.2, 0.25) is 5.91 Å². The molecule has 2 aliphatic heterocycles. The molecule has 2 saturated heterocycles. The van der Waals surface area contributed by atoms with Crippen LogP contribution in [0.2, 0.25) is 0 Å². The van der Waals surface area contributed by atoms with Gasteiger partial charge in [-0.05, 0) is 38.0 Å². The van der Waals surface area contributed by atoms with Crippen LogP contribution in [0.5, 0.6) is 0 Å². The second-order valence-corrected chi connectivity index (χ2v) is 8.94. The van der Waals surface area contributed by atoms with Crippen LogP contribution in [0.15, 0.2) is 12.5 Å². The van der Waals surface area contributed by atoms with Gasteiger partial charge in [-0.3, -0.25) is 4.79 Å². The van der Waals surface area contributed by atoms with Crippen molar-refractivity contribution in [3.63, 3.8) is 0 Å². The molecule has 4 rings (SSSR count). The van der Waals surface area contributed by atoms with Crippen LogP contribution >= 0.6 is 0 Å². The summed E-state index contributed by atoms with van der Waals surface area (Å²) in [6.07, 6.45) is 12.8. The van der Waals surface area contributed by atoms with Crippen LogP contribution in [-0.2, 0) is 4.79 Å². The lowest BCUT2D eigenvalue weighted by Crippen LogP contribution is -2.56. The Balaban J connectivity index is 1.55. The molecule has 1 saturated carbocycles. The molecule has 0 bridgehead atoms. The van der Waals surface area contributed by atoms with Gasteiger partial charge in [-0.25, -0.2) is 9.97 Å². The van der Waals surface area contributed by atoms with Gasteiger partial charge in [0.05, 0.1) is 0 Å². The van der Waals surface area contributed by atoms with Gasteiger partial charge in [0.25, 0.3) is 0 Å². The Labute approximate surface area is 157 Å². The molecule has 5 nitrogen and oxygen atoms in total. The molecule has 3 fully saturated rings. The highest BCUT2D eigenvalue weighted by Crippen LogP contribution is 2.42. The molecule has 3 aliphatic rings. The first-order valence-electron chi connectivity index (χ1n) is 10.4. The number of hydrogen-bond acceptors (Lipinski definition) is 4. The van der Waals surface area contributed by atoms with Gasteiger partial charge in [-0.15, -0.1) is 0 Å². The molecular formula is C21H32N4O. The van der Waals surface area contributed by atoms with E-state index in [1.165, 1.54) is 44.1 Å². The molecule has 1 aromatic heterocycles. The summed E-state index contributed by atoms with van der Waals surface area (Å²) in [7, 11) is 0. The summed E-state index contributed by atoms with van der Waals surface area (Å²) >= 11 is 0. The maximum Gasteiger partial charge on any atom is 0.222 e. The zero-order chi connectivity index (χ0) is 18.1. The van der Waals surface area contributed by atoms with E-state index in [1.54, 1.807) is 6.33 Å². The zero-order valence-electron chi connectivity index (χ0n) is 16.3. The fraction of sp³-hybridized carbons (Fsp3) is 0.762. The van der Waals surface area contributed by atoms with Crippen LogP contribution in [0.3, 0.4) is 0 Å². The third-order valence-electron chi connectivity index (χ3n) is 6.76. The average molecular weight is 357 g/mol. The van der Waals surface area contributed by atoms with E-state index in [9.17, 15) is 4.79 Å². The summed E-state index contributed by atoms with van der Waals surface area (Å²) in [5.74, 6) is 1.93. The molecular weight excluding hydrogens is 324 g/mol. The molecule has 0 unspecified atom stereocenters. The summed E-state index contributed by atoms with van der Waals surface area (Å²) in [5.41, 5.74) is 1.48. The summed E-state index contributed by atoms with van der Waals surface area (Å²) in [5, 5.41) is 0. The molecule has 1 atom stereocenters. The van der Waals surface area contributed by atoms with Crippen molar-refractivity contribution < 1.29 is 4.79 Å². The Morgan fingerprint density at radius 2 is 1.96 bits per heavy atom. The predicted molar refractivity (Wildman–Crippen MR) is 103 cm³/mol. The number of carbonyl (C=O) groups is 1. The first-order chi connectivity index (χ1) is 12.6. The Bertz CT molecular complexity index is 655. The van der Waals surface area contributed by atoms with E-state index in [-0.39, 0.29) is 5.41 Å². The van der Waals surface area contributed by atoms with Crippen LogP contribution < -0.4 is 4.90 Å². The topological polar surface area (TPSA) is 49.3 Å². The molecule has 0 aromatic carbocycles. The summed E-state index contributed by atoms with van der Waals surface area (Å²) in [6, 6.07) is 0.500. The number of anilines is 1. The SMILES string of the molecule is CC(C)c1cncnc1N1CCC[C@@]2(CCC(=O)N(C3CCCC3)C2)C1. The lowest BCUT2D eigenvalue weighted by Gasteiger charge is -2.50. The molecule has 1 aliphatic carbocycles. The quantitative estimate of drug-likeness (QED) is 0.827. The fourth-order valence-corrected chi connectivity index (χ4v) is 5.32. The van der Waals surface area contributed by atoms with E-state index >= 15 is 0 Å². The Morgan fingerprint density at radius 1 is 1.15 bits per heavy atom. The number of nitrogens with zero attached hydrogens (tertiary/aromatic N) is 4. The first kappa shape index (κ1) is 17.7. The fourth-order valence-electron chi connectivity index (χ4n) is 5.32. The summed E-state index contributed by atoms with van der Waals surface area (Å²) in [4.78, 5) is 26.2. The van der Waals surface area contributed by atoms with Crippen molar-refractivity contribution in [1.29, 1.82) is 0 Å². The molecule has 142 valence electrons. The van der Waals surface area contributed by atoms with E-state index in [4.69, 9.17) is 0 Å². The van der Waals surface area contributed by atoms with Gasteiger partial charge in [0, 0.05) is 49.3 Å². The van der Waals surface area contributed by atoms with Crippen molar-refractivity contribution in [1.82, 2.24) is 14.9 Å². The number of carbonyl (C=O) groups excluding carboxylic acids is 1. The van der Waals surface area contributed by atoms with Gasteiger partial charge in [0.15, 0.2) is 0 Å². The van der Waals surface area contributed by atoms with Crippen molar-refractivity contribution in [3.8, 4) is 0 Å². The highest BCUT2D eigenvalue weighted by molar-refractivity contribution is 5.77. The maximum absolute atomic E-state index is 12.6. The highest BCUT2D eigenvalue weighted by atomic mass is 16.2. The molecule has 0 radical (unpaired) electrons. The summed E-state index contributed by atoms with van der Waals surface area (Å²) in [6.45, 7) is 7.47. The standard InChI is InChI=1S/C21H32N4O/c1-16(2)18-12-22-15-23-20(18)24-11-5-9-21(13-24)10-8-19(26)25(14-21)17-6-3-4-7-17/h12,15-17H,3-11,13-14H2,1-2H3/t21-/m1/s1. The monoisotopic (exact) mass is 356 g/mol. The number of amides is 1. The number of piperidine rings is 2. The van der Waals surface area contributed by atoms with Gasteiger partial charge in [-0.2, -0.15) is 0 Å². The second kappa shape index (κ2) is 7.16. The Kier molecular flexibility index (Phi) is 4.89. The molecule has 1 spiro atoms. The van der Waals surface area contributed by atoms with Crippen LogP contribution in [0, 0.1) is 5.41 Å². The number of aromatic nitrogens is 2. The number of rotatable bonds is 3. The smallest absolute Gasteiger partial charge is 0.222 e. The predicted octanol–water partition coefficient (Wildman–Crippen LogP) is 3.75. The Morgan fingerprint density at radius 3 is 2.73 bits per heavy atom. The van der Waals surface area contributed by atoms with E-state index in [1.807, 2.05) is 6.20 Å². The van der Waals surface area contributed by atoms with Crippen molar-refractivity contribution in [2.45, 2.75) is 77.2 Å². The van der Waals surface area contributed by atoms with E-state index in [0.29, 0.717) is 17.9 Å². The zero-order valence-corrected chi connectivity index (χ0v) is 16.3. The van der Waals surface area contributed by atoms with Gasteiger partial charge < -0.3 is 9.80 Å². The summed E-state index contributed by atoms with van der Waals surface area (Å²) < 4.78 is 0. The van der Waals surface area contributed by atoms with Crippen LogP contribution in [0.4, 0.5) is 5.82 Å². The van der Waals surface area contributed by atoms with Crippen LogP contribution in [-0.4, -0.2) is 46.5 Å². The molecule has 1 aromatic rings. The molecule has 5 heteroatoms. The molecule has 0 N–H and O–H groups in total. The third-order valence-corrected chi connectivity index (χ3v) is 6.76. The van der Waals surface area contributed by atoms with Gasteiger partial charge in [-0.1, -0.05) is 26.7 Å². The lowest BCUT2D eigenvalue weighted by atomic mass is 9.73. The number of likely N-dealkylation sites (tertiary alicyclic amines) is 1. The maximum atomic E-state index is 12.6. The average Bonchev–Trinajstić information content (AvgIpc) is 3.19. The van der Waals surface area contributed by atoms with Crippen LogP contribution in [0.25, 0.3) is 0 Å². The van der Waals surface area contributed by atoms with Gasteiger partial charge in [0.1, 0.15) is 12.1 Å². The van der Waals surface area contributed by atoms with E-state index < -0.39 is 0 Å². The lowest BCUT2D eigenvalue weighted by molar-refractivity contribution is -0.140. The molecule has 1 amide bonds. The van der Waals surface area contributed by atoms with E-state index in [0.717, 1.165) is 38.3 Å². The van der Waals surface area contributed by atoms with Crippen LogP contribution in [0.1, 0.15) is 76.7 Å². The minimum atomic E-state index is 0.244. The number of hydrogen-bond donors (Lipinski definition) is 0. The van der Waals surface area contributed by atoms with Crippen molar-refractivity contribution in [2.75, 3.05) is 24.5 Å².